The van der Waals surface area contributed by atoms with Gasteiger partial charge in [-0.2, -0.15) is 0 Å². The van der Waals surface area contributed by atoms with Crippen molar-refractivity contribution in [3.05, 3.63) is 0 Å². The Morgan fingerprint density at radius 2 is 1.88 bits per heavy atom. The number of rotatable bonds is 6. The molecule has 0 rings (SSSR count). The van der Waals surface area contributed by atoms with E-state index < -0.39 is 5.92 Å². The van der Waals surface area contributed by atoms with Crippen LogP contribution in [-0.2, 0) is 9.59 Å². The molecule has 6 heteroatoms. The van der Waals surface area contributed by atoms with Crippen LogP contribution in [0.25, 0.3) is 0 Å². The Balaban J connectivity index is 4.47. The van der Waals surface area contributed by atoms with Crippen LogP contribution in [0.2, 0.25) is 0 Å². The Bertz CT molecular complexity index is 305. The van der Waals surface area contributed by atoms with E-state index in [0.29, 0.717) is 6.54 Å². The second-order valence-corrected chi connectivity index (χ2v) is 4.67. The molecule has 0 spiro atoms. The van der Waals surface area contributed by atoms with Crippen LogP contribution in [0, 0.1) is 5.92 Å². The number of amides is 2. The molecule has 0 aromatic carbocycles. The lowest BCUT2D eigenvalue weighted by Gasteiger charge is -2.23. The van der Waals surface area contributed by atoms with Gasteiger partial charge in [-0.1, -0.05) is 12.2 Å². The molecule has 0 saturated heterocycles. The lowest BCUT2D eigenvalue weighted by Crippen LogP contribution is -2.46. The molecule has 0 bridgehead atoms. The highest BCUT2D eigenvalue weighted by molar-refractivity contribution is 7.80. The highest BCUT2D eigenvalue weighted by atomic mass is 32.1. The number of nitrogens with zero attached hydrogens (tertiary/aromatic N) is 1. The van der Waals surface area contributed by atoms with Crippen molar-refractivity contribution in [2.24, 2.45) is 11.7 Å². The highest BCUT2D eigenvalue weighted by Gasteiger charge is 2.23. The van der Waals surface area contributed by atoms with E-state index in [1.165, 1.54) is 4.90 Å². The van der Waals surface area contributed by atoms with Gasteiger partial charge in [-0.25, -0.2) is 0 Å². The Labute approximate surface area is 108 Å². The minimum atomic E-state index is -0.531. The van der Waals surface area contributed by atoms with E-state index in [4.69, 9.17) is 18.0 Å². The van der Waals surface area contributed by atoms with Crippen LogP contribution in [0.1, 0.15) is 27.7 Å². The number of hydrogen-bond acceptors (Lipinski definition) is 3. The van der Waals surface area contributed by atoms with E-state index in [0.717, 1.165) is 0 Å². The summed E-state index contributed by atoms with van der Waals surface area (Å²) in [5, 5.41) is 2.73. The molecule has 0 aliphatic carbocycles. The van der Waals surface area contributed by atoms with Gasteiger partial charge in [0, 0.05) is 12.6 Å². The van der Waals surface area contributed by atoms with Gasteiger partial charge in [-0.15, -0.1) is 0 Å². The van der Waals surface area contributed by atoms with Crippen LogP contribution < -0.4 is 11.1 Å². The fourth-order valence-corrected chi connectivity index (χ4v) is 1.38. The minimum absolute atomic E-state index is 0.0421. The zero-order valence-electron chi connectivity index (χ0n) is 10.8. The van der Waals surface area contributed by atoms with Crippen LogP contribution in [-0.4, -0.2) is 40.8 Å². The monoisotopic (exact) mass is 259 g/mol. The van der Waals surface area contributed by atoms with E-state index in [2.05, 4.69) is 5.32 Å². The zero-order valence-corrected chi connectivity index (χ0v) is 11.6. The van der Waals surface area contributed by atoms with Crippen molar-refractivity contribution in [1.82, 2.24) is 10.2 Å². The number of thiocarbonyl (C=S) groups is 1. The predicted molar refractivity (Wildman–Crippen MR) is 71.5 cm³/mol. The Kier molecular flexibility index (Phi) is 6.72. The Hall–Kier alpha value is -1.17. The van der Waals surface area contributed by atoms with E-state index in [1.54, 1.807) is 6.92 Å². The largest absolute Gasteiger partial charge is 0.393 e. The summed E-state index contributed by atoms with van der Waals surface area (Å²) in [6.45, 7) is 7.69. The Morgan fingerprint density at radius 1 is 1.35 bits per heavy atom. The summed E-state index contributed by atoms with van der Waals surface area (Å²) in [5.41, 5.74) is 5.42. The molecule has 0 aromatic heterocycles. The molecule has 0 radical (unpaired) electrons. The Morgan fingerprint density at radius 3 is 2.24 bits per heavy atom. The molecule has 2 amide bonds. The van der Waals surface area contributed by atoms with Crippen molar-refractivity contribution >= 4 is 29.0 Å². The first kappa shape index (κ1) is 15.8. The molecule has 0 aliphatic rings. The maximum Gasteiger partial charge on any atom is 0.239 e. The third-order valence-electron chi connectivity index (χ3n) is 2.27. The molecule has 0 heterocycles. The smallest absolute Gasteiger partial charge is 0.239 e. The number of likely N-dealkylation sites (N-methyl/N-ethyl adjacent to an activating group) is 1. The molecule has 3 N–H and O–H groups in total. The van der Waals surface area contributed by atoms with Gasteiger partial charge in [-0.05, 0) is 27.7 Å². The first-order valence-corrected chi connectivity index (χ1v) is 6.07. The van der Waals surface area contributed by atoms with Gasteiger partial charge in [0.05, 0.1) is 17.5 Å². The molecule has 0 aromatic rings. The standard InChI is InChI=1S/C11H21N3O2S/c1-5-14(6-9(15)13-7(2)3)11(16)8(4)10(12)17/h7-8H,5-6H2,1-4H3,(H2,12,17)(H,13,15). The highest BCUT2D eigenvalue weighted by Crippen LogP contribution is 2.03. The van der Waals surface area contributed by atoms with Crippen LogP contribution >= 0.6 is 12.2 Å². The molecule has 0 aliphatic heterocycles. The van der Waals surface area contributed by atoms with E-state index >= 15 is 0 Å². The van der Waals surface area contributed by atoms with E-state index in [9.17, 15) is 9.59 Å². The van der Waals surface area contributed by atoms with Crippen molar-refractivity contribution in [1.29, 1.82) is 0 Å². The van der Waals surface area contributed by atoms with Crippen molar-refractivity contribution in [3.63, 3.8) is 0 Å². The van der Waals surface area contributed by atoms with Crippen molar-refractivity contribution in [3.8, 4) is 0 Å². The molecular weight excluding hydrogens is 238 g/mol. The molecule has 98 valence electrons. The molecule has 0 fully saturated rings. The van der Waals surface area contributed by atoms with Gasteiger partial charge in [0.2, 0.25) is 11.8 Å². The first-order chi connectivity index (χ1) is 7.79. The third-order valence-corrected chi connectivity index (χ3v) is 2.63. The molecular formula is C11H21N3O2S. The van der Waals surface area contributed by atoms with Crippen LogP contribution in [0.4, 0.5) is 0 Å². The normalized spacial score (nSPS) is 12.1. The summed E-state index contributed by atoms with van der Waals surface area (Å²) in [6, 6.07) is 0.0596. The first-order valence-electron chi connectivity index (χ1n) is 5.67. The van der Waals surface area contributed by atoms with Gasteiger partial charge < -0.3 is 16.0 Å². The van der Waals surface area contributed by atoms with Gasteiger partial charge in [0.1, 0.15) is 0 Å². The number of nitrogens with one attached hydrogen (secondary N) is 1. The fourth-order valence-electron chi connectivity index (χ4n) is 1.28. The maximum absolute atomic E-state index is 11.9. The fraction of sp³-hybridized carbons (Fsp3) is 0.727. The number of carbonyl (C=O) groups is 2. The number of nitrogens with two attached hydrogens (primary N) is 1. The van der Waals surface area contributed by atoms with E-state index in [1.807, 2.05) is 20.8 Å². The van der Waals surface area contributed by atoms with Crippen molar-refractivity contribution in [2.45, 2.75) is 33.7 Å². The van der Waals surface area contributed by atoms with Crippen LogP contribution in [0.15, 0.2) is 0 Å². The molecule has 17 heavy (non-hydrogen) atoms. The van der Waals surface area contributed by atoms with Gasteiger partial charge in [0.25, 0.3) is 0 Å². The lowest BCUT2D eigenvalue weighted by atomic mass is 10.1. The average molecular weight is 259 g/mol. The number of carbonyl (C=O) groups excluding carboxylic acids is 2. The predicted octanol–water partition coefficient (Wildman–Crippen LogP) is 0.282. The average Bonchev–Trinajstić information content (AvgIpc) is 2.22. The topological polar surface area (TPSA) is 75.4 Å². The lowest BCUT2D eigenvalue weighted by molar-refractivity contribution is -0.137. The van der Waals surface area contributed by atoms with Gasteiger partial charge >= 0.3 is 0 Å². The van der Waals surface area contributed by atoms with Crippen molar-refractivity contribution < 1.29 is 9.59 Å². The summed E-state index contributed by atoms with van der Waals surface area (Å²) < 4.78 is 0. The van der Waals surface area contributed by atoms with Gasteiger partial charge in [-0.3, -0.25) is 9.59 Å². The van der Waals surface area contributed by atoms with Crippen molar-refractivity contribution in [2.75, 3.05) is 13.1 Å². The van der Waals surface area contributed by atoms with Crippen LogP contribution in [0.5, 0.6) is 0 Å². The second-order valence-electron chi connectivity index (χ2n) is 4.20. The summed E-state index contributed by atoms with van der Waals surface area (Å²) in [7, 11) is 0. The quantitative estimate of drug-likeness (QED) is 0.672. The third kappa shape index (κ3) is 5.63. The van der Waals surface area contributed by atoms with Gasteiger partial charge in [0.15, 0.2) is 0 Å². The molecule has 0 saturated carbocycles. The summed E-state index contributed by atoms with van der Waals surface area (Å²) in [6.07, 6.45) is 0. The molecule has 1 unspecified atom stereocenters. The summed E-state index contributed by atoms with van der Waals surface area (Å²) in [4.78, 5) is 25.1. The summed E-state index contributed by atoms with van der Waals surface area (Å²) >= 11 is 4.77. The zero-order chi connectivity index (χ0) is 13.6. The maximum atomic E-state index is 11.9. The second kappa shape index (κ2) is 7.21. The molecule has 5 nitrogen and oxygen atoms in total. The minimum Gasteiger partial charge on any atom is -0.393 e. The SMILES string of the molecule is CCN(CC(=O)NC(C)C)C(=O)C(C)C(N)=S. The van der Waals surface area contributed by atoms with E-state index in [-0.39, 0.29) is 29.4 Å². The number of hydrogen-bond donors (Lipinski definition) is 2. The molecule has 1 atom stereocenters. The van der Waals surface area contributed by atoms with Crippen LogP contribution in [0.3, 0.4) is 0 Å². The summed E-state index contributed by atoms with van der Waals surface area (Å²) in [5.74, 6) is -0.916.